The standard InChI is InChI=1S/C14H21NO3/c1-9(2)7-10(3)15(4)14(18)11-5-6-12(16)13(17)8-11/h5-6,8-10,16-17H,7H2,1-4H3. The van der Waals surface area contributed by atoms with Gasteiger partial charge in [0.1, 0.15) is 0 Å². The smallest absolute Gasteiger partial charge is 0.253 e. The first-order valence-electron chi connectivity index (χ1n) is 6.12. The molecule has 0 aliphatic rings. The molecular weight excluding hydrogens is 230 g/mol. The van der Waals surface area contributed by atoms with Crippen molar-refractivity contribution < 1.29 is 15.0 Å². The highest BCUT2D eigenvalue weighted by atomic mass is 16.3. The molecule has 1 amide bonds. The van der Waals surface area contributed by atoms with E-state index < -0.39 is 0 Å². The van der Waals surface area contributed by atoms with Crippen molar-refractivity contribution in [3.63, 3.8) is 0 Å². The zero-order valence-electron chi connectivity index (χ0n) is 11.3. The van der Waals surface area contributed by atoms with Crippen LogP contribution in [-0.4, -0.2) is 34.1 Å². The molecule has 1 aromatic carbocycles. The van der Waals surface area contributed by atoms with E-state index in [4.69, 9.17) is 0 Å². The molecule has 4 nitrogen and oxygen atoms in total. The van der Waals surface area contributed by atoms with Crippen LogP contribution in [0.1, 0.15) is 37.6 Å². The zero-order valence-corrected chi connectivity index (χ0v) is 11.3. The highest BCUT2D eigenvalue weighted by Gasteiger charge is 2.19. The van der Waals surface area contributed by atoms with Gasteiger partial charge in [-0.3, -0.25) is 4.79 Å². The quantitative estimate of drug-likeness (QED) is 0.809. The normalized spacial score (nSPS) is 12.5. The van der Waals surface area contributed by atoms with Crippen molar-refractivity contribution in [3.8, 4) is 11.5 Å². The van der Waals surface area contributed by atoms with E-state index in [1.165, 1.54) is 18.2 Å². The maximum atomic E-state index is 12.2. The van der Waals surface area contributed by atoms with Gasteiger partial charge in [-0.15, -0.1) is 0 Å². The van der Waals surface area contributed by atoms with E-state index in [2.05, 4.69) is 13.8 Å². The fourth-order valence-electron chi connectivity index (χ4n) is 1.90. The summed E-state index contributed by atoms with van der Waals surface area (Å²) in [6.45, 7) is 6.22. The first kappa shape index (κ1) is 14.4. The third-order valence-electron chi connectivity index (χ3n) is 3.02. The van der Waals surface area contributed by atoms with Gasteiger partial charge in [-0.05, 0) is 37.5 Å². The molecule has 0 aliphatic carbocycles. The molecule has 0 bridgehead atoms. The Hall–Kier alpha value is -1.71. The molecule has 2 N–H and O–H groups in total. The minimum Gasteiger partial charge on any atom is -0.504 e. The van der Waals surface area contributed by atoms with Crippen LogP contribution in [0.3, 0.4) is 0 Å². The van der Waals surface area contributed by atoms with Gasteiger partial charge in [0.2, 0.25) is 0 Å². The number of aromatic hydroxyl groups is 2. The fourth-order valence-corrected chi connectivity index (χ4v) is 1.90. The summed E-state index contributed by atoms with van der Waals surface area (Å²) < 4.78 is 0. The second-order valence-corrected chi connectivity index (χ2v) is 5.10. The van der Waals surface area contributed by atoms with Crippen molar-refractivity contribution in [3.05, 3.63) is 23.8 Å². The molecule has 0 saturated carbocycles. The minimum absolute atomic E-state index is 0.133. The predicted molar refractivity (Wildman–Crippen MR) is 70.8 cm³/mol. The molecule has 0 radical (unpaired) electrons. The molecule has 0 heterocycles. The molecular formula is C14H21NO3. The van der Waals surface area contributed by atoms with Gasteiger partial charge in [0.05, 0.1) is 0 Å². The van der Waals surface area contributed by atoms with E-state index >= 15 is 0 Å². The van der Waals surface area contributed by atoms with Crippen molar-refractivity contribution in [1.29, 1.82) is 0 Å². The number of amides is 1. The third-order valence-corrected chi connectivity index (χ3v) is 3.02. The summed E-state index contributed by atoms with van der Waals surface area (Å²) in [6, 6.07) is 4.25. The third kappa shape index (κ3) is 3.39. The molecule has 1 aromatic rings. The number of carbonyl (C=O) groups is 1. The monoisotopic (exact) mass is 251 g/mol. The Labute approximate surface area is 108 Å². The number of carbonyl (C=O) groups excluding carboxylic acids is 1. The Kier molecular flexibility index (Phi) is 4.59. The lowest BCUT2D eigenvalue weighted by atomic mass is 10.0. The highest BCUT2D eigenvalue weighted by Crippen LogP contribution is 2.25. The summed E-state index contributed by atoms with van der Waals surface area (Å²) in [6.07, 6.45) is 0.923. The topological polar surface area (TPSA) is 60.8 Å². The number of phenols is 2. The van der Waals surface area contributed by atoms with E-state index in [9.17, 15) is 15.0 Å². The molecule has 0 saturated heterocycles. The van der Waals surface area contributed by atoms with Crippen LogP contribution < -0.4 is 0 Å². The van der Waals surface area contributed by atoms with Crippen molar-refractivity contribution in [2.75, 3.05) is 7.05 Å². The average Bonchev–Trinajstić information content (AvgIpc) is 2.30. The van der Waals surface area contributed by atoms with Gasteiger partial charge >= 0.3 is 0 Å². The Morgan fingerprint density at radius 3 is 2.33 bits per heavy atom. The molecule has 4 heteroatoms. The van der Waals surface area contributed by atoms with Crippen LogP contribution in [0.2, 0.25) is 0 Å². The van der Waals surface area contributed by atoms with E-state index in [0.29, 0.717) is 11.5 Å². The second kappa shape index (κ2) is 5.76. The first-order valence-corrected chi connectivity index (χ1v) is 6.12. The lowest BCUT2D eigenvalue weighted by Crippen LogP contribution is -2.35. The molecule has 18 heavy (non-hydrogen) atoms. The maximum absolute atomic E-state index is 12.2. The number of hydrogen-bond acceptors (Lipinski definition) is 3. The molecule has 1 unspecified atom stereocenters. The van der Waals surface area contributed by atoms with E-state index in [1.54, 1.807) is 11.9 Å². The van der Waals surface area contributed by atoms with Gasteiger partial charge < -0.3 is 15.1 Å². The van der Waals surface area contributed by atoms with Crippen molar-refractivity contribution in [2.45, 2.75) is 33.2 Å². The number of rotatable bonds is 4. The maximum Gasteiger partial charge on any atom is 0.253 e. The Morgan fingerprint density at radius 1 is 1.22 bits per heavy atom. The van der Waals surface area contributed by atoms with Gasteiger partial charge in [0.15, 0.2) is 11.5 Å². The summed E-state index contributed by atoms with van der Waals surface area (Å²) >= 11 is 0. The summed E-state index contributed by atoms with van der Waals surface area (Å²) in [5.41, 5.74) is 0.378. The van der Waals surface area contributed by atoms with Crippen molar-refractivity contribution >= 4 is 5.91 Å². The van der Waals surface area contributed by atoms with Gasteiger partial charge in [-0.2, -0.15) is 0 Å². The molecule has 0 fully saturated rings. The van der Waals surface area contributed by atoms with Crippen LogP contribution in [0.15, 0.2) is 18.2 Å². The van der Waals surface area contributed by atoms with Crippen LogP contribution in [0.25, 0.3) is 0 Å². The fraction of sp³-hybridized carbons (Fsp3) is 0.500. The minimum atomic E-state index is -0.272. The number of phenolic OH excluding ortho intramolecular Hbond substituents is 2. The second-order valence-electron chi connectivity index (χ2n) is 5.10. The highest BCUT2D eigenvalue weighted by molar-refractivity contribution is 5.94. The van der Waals surface area contributed by atoms with Crippen LogP contribution in [0.5, 0.6) is 11.5 Å². The van der Waals surface area contributed by atoms with E-state index in [0.717, 1.165) is 6.42 Å². The molecule has 100 valence electrons. The Bertz CT molecular complexity index is 429. The summed E-state index contributed by atoms with van der Waals surface area (Å²) in [4.78, 5) is 13.8. The molecule has 0 aliphatic heterocycles. The van der Waals surface area contributed by atoms with Crippen molar-refractivity contribution in [1.82, 2.24) is 4.90 Å². The number of hydrogen-bond donors (Lipinski definition) is 2. The largest absolute Gasteiger partial charge is 0.504 e. The van der Waals surface area contributed by atoms with Crippen LogP contribution in [-0.2, 0) is 0 Å². The summed E-state index contributed by atoms with van der Waals surface area (Å²) in [5, 5.41) is 18.6. The summed E-state index contributed by atoms with van der Waals surface area (Å²) in [7, 11) is 1.75. The SMILES string of the molecule is CC(C)CC(C)N(C)C(=O)c1ccc(O)c(O)c1. The average molecular weight is 251 g/mol. The molecule has 1 atom stereocenters. The Morgan fingerprint density at radius 2 is 1.83 bits per heavy atom. The first-order chi connectivity index (χ1) is 8.32. The van der Waals surface area contributed by atoms with Crippen LogP contribution >= 0.6 is 0 Å². The van der Waals surface area contributed by atoms with Crippen LogP contribution in [0, 0.1) is 5.92 Å². The Balaban J connectivity index is 2.82. The van der Waals surface area contributed by atoms with Gasteiger partial charge in [-0.1, -0.05) is 13.8 Å². The summed E-state index contributed by atoms with van der Waals surface area (Å²) in [5.74, 6) is -0.128. The predicted octanol–water partition coefficient (Wildman–Crippen LogP) is 2.60. The number of nitrogens with zero attached hydrogens (tertiary/aromatic N) is 1. The van der Waals surface area contributed by atoms with Gasteiger partial charge in [0.25, 0.3) is 5.91 Å². The van der Waals surface area contributed by atoms with E-state index in [-0.39, 0.29) is 23.4 Å². The van der Waals surface area contributed by atoms with E-state index in [1.807, 2.05) is 6.92 Å². The molecule has 1 rings (SSSR count). The van der Waals surface area contributed by atoms with Crippen molar-refractivity contribution in [2.24, 2.45) is 5.92 Å². The van der Waals surface area contributed by atoms with Gasteiger partial charge in [-0.25, -0.2) is 0 Å². The lowest BCUT2D eigenvalue weighted by molar-refractivity contribution is 0.0728. The van der Waals surface area contributed by atoms with Gasteiger partial charge in [0, 0.05) is 18.7 Å². The molecule has 0 aromatic heterocycles. The lowest BCUT2D eigenvalue weighted by Gasteiger charge is -2.26. The zero-order chi connectivity index (χ0) is 13.9. The number of benzene rings is 1. The molecule has 0 spiro atoms. The van der Waals surface area contributed by atoms with Crippen LogP contribution in [0.4, 0.5) is 0 Å².